The fourth-order valence-corrected chi connectivity index (χ4v) is 3.54. The van der Waals surface area contributed by atoms with Crippen LogP contribution in [0.15, 0.2) is 54.7 Å². The third-order valence-electron chi connectivity index (χ3n) is 5.03. The van der Waals surface area contributed by atoms with Crippen molar-refractivity contribution in [2.45, 2.75) is 6.54 Å². The number of nitro benzene ring substituents is 1. The molecule has 0 atom stereocenters. The van der Waals surface area contributed by atoms with E-state index in [-0.39, 0.29) is 16.4 Å². The second-order valence-corrected chi connectivity index (χ2v) is 6.68. The van der Waals surface area contributed by atoms with Gasteiger partial charge >= 0.3 is 0 Å². The van der Waals surface area contributed by atoms with Gasteiger partial charge in [-0.3, -0.25) is 20.0 Å². The lowest BCUT2D eigenvalue weighted by Crippen LogP contribution is -2.45. The molecule has 1 saturated heterocycles. The van der Waals surface area contributed by atoms with Crippen LogP contribution in [0.3, 0.4) is 0 Å². The highest BCUT2D eigenvalue weighted by Gasteiger charge is 2.19. The molecule has 0 unspecified atom stereocenters. The lowest BCUT2D eigenvalue weighted by Gasteiger charge is -2.36. The number of phenolic OH excluding ortho intramolecular Hbond substituents is 1. The highest BCUT2D eigenvalue weighted by atomic mass is 16.6. The third-order valence-corrected chi connectivity index (χ3v) is 5.03. The highest BCUT2D eigenvalue weighted by molar-refractivity contribution is 5.87. The maximum atomic E-state index is 10.8. The van der Waals surface area contributed by atoms with Gasteiger partial charge in [0.2, 0.25) is 0 Å². The molecule has 4 rings (SSSR count). The Hall–Kier alpha value is -3.23. The lowest BCUT2D eigenvalue weighted by molar-refractivity contribution is -0.384. The summed E-state index contributed by atoms with van der Waals surface area (Å²) in [6.07, 6.45) is 1.69. The van der Waals surface area contributed by atoms with Crippen LogP contribution in [0.1, 0.15) is 5.56 Å². The number of nitro groups is 1. The molecular weight excluding hydrogens is 370 g/mol. The van der Waals surface area contributed by atoms with Crippen molar-refractivity contribution in [3.05, 3.63) is 70.4 Å². The van der Waals surface area contributed by atoms with E-state index in [2.05, 4.69) is 20.5 Å². The number of anilines is 1. The van der Waals surface area contributed by atoms with Crippen molar-refractivity contribution in [3.63, 3.8) is 0 Å². The SMILES string of the molecule is CN.O=[N+]([O-])c1ccc(N2CCN(Cc3ccc(O)c4ncccc34)CC2)cc1. The van der Waals surface area contributed by atoms with Crippen molar-refractivity contribution >= 4 is 22.3 Å². The van der Waals surface area contributed by atoms with Crippen LogP contribution < -0.4 is 10.6 Å². The molecule has 0 bridgehead atoms. The topological polar surface area (TPSA) is 109 Å². The molecule has 8 nitrogen and oxygen atoms in total. The minimum Gasteiger partial charge on any atom is -0.506 e. The molecule has 3 N–H and O–H groups in total. The van der Waals surface area contributed by atoms with Crippen LogP contribution in [-0.2, 0) is 6.54 Å². The van der Waals surface area contributed by atoms with Crippen molar-refractivity contribution < 1.29 is 10.0 Å². The first kappa shape index (κ1) is 20.5. The molecule has 0 amide bonds. The number of rotatable bonds is 4. The van der Waals surface area contributed by atoms with Gasteiger partial charge in [0.05, 0.1) is 4.92 Å². The Bertz CT molecular complexity index is 970. The van der Waals surface area contributed by atoms with Crippen molar-refractivity contribution in [1.29, 1.82) is 0 Å². The monoisotopic (exact) mass is 395 g/mol. The number of nitrogens with two attached hydrogens (primary N) is 1. The Labute approximate surface area is 169 Å². The van der Waals surface area contributed by atoms with Crippen LogP contribution in [-0.4, -0.2) is 53.1 Å². The van der Waals surface area contributed by atoms with Crippen LogP contribution in [0, 0.1) is 10.1 Å². The minimum atomic E-state index is -0.376. The van der Waals surface area contributed by atoms with Crippen molar-refractivity contribution in [2.24, 2.45) is 5.73 Å². The molecule has 0 saturated carbocycles. The second kappa shape index (κ2) is 9.31. The number of piperazine rings is 1. The first-order chi connectivity index (χ1) is 14.1. The summed E-state index contributed by atoms with van der Waals surface area (Å²) in [6.45, 7) is 4.34. The van der Waals surface area contributed by atoms with Gasteiger partial charge in [-0.15, -0.1) is 0 Å². The number of pyridine rings is 1. The zero-order valence-electron chi connectivity index (χ0n) is 16.4. The van der Waals surface area contributed by atoms with Gasteiger partial charge in [0, 0.05) is 62.1 Å². The van der Waals surface area contributed by atoms with Gasteiger partial charge in [-0.2, -0.15) is 0 Å². The number of aromatic hydroxyl groups is 1. The van der Waals surface area contributed by atoms with Gasteiger partial charge in [-0.25, -0.2) is 0 Å². The molecule has 29 heavy (non-hydrogen) atoms. The van der Waals surface area contributed by atoms with Gasteiger partial charge in [-0.05, 0) is 36.9 Å². The number of hydrogen-bond acceptors (Lipinski definition) is 7. The second-order valence-electron chi connectivity index (χ2n) is 6.68. The van der Waals surface area contributed by atoms with Crippen LogP contribution in [0.2, 0.25) is 0 Å². The van der Waals surface area contributed by atoms with E-state index in [1.807, 2.05) is 30.3 Å². The van der Waals surface area contributed by atoms with Gasteiger partial charge < -0.3 is 15.7 Å². The first-order valence-electron chi connectivity index (χ1n) is 9.47. The summed E-state index contributed by atoms with van der Waals surface area (Å²) < 4.78 is 0. The van der Waals surface area contributed by atoms with Crippen LogP contribution >= 0.6 is 0 Å². The molecule has 1 fully saturated rings. The Morgan fingerprint density at radius 1 is 1.07 bits per heavy atom. The maximum absolute atomic E-state index is 10.8. The largest absolute Gasteiger partial charge is 0.506 e. The molecule has 2 aromatic carbocycles. The normalized spacial score (nSPS) is 14.3. The van der Waals surface area contributed by atoms with Gasteiger partial charge in [0.15, 0.2) is 0 Å². The fourth-order valence-electron chi connectivity index (χ4n) is 3.54. The summed E-state index contributed by atoms with van der Waals surface area (Å²) >= 11 is 0. The smallest absolute Gasteiger partial charge is 0.269 e. The molecule has 152 valence electrons. The van der Waals surface area contributed by atoms with Gasteiger partial charge in [-0.1, -0.05) is 12.1 Å². The predicted octanol–water partition coefficient (Wildman–Crippen LogP) is 2.75. The number of nitrogens with zero attached hydrogens (tertiary/aromatic N) is 4. The van der Waals surface area contributed by atoms with Crippen LogP contribution in [0.4, 0.5) is 11.4 Å². The molecule has 0 radical (unpaired) electrons. The molecule has 8 heteroatoms. The van der Waals surface area contributed by atoms with Gasteiger partial charge in [0.1, 0.15) is 11.3 Å². The highest BCUT2D eigenvalue weighted by Crippen LogP contribution is 2.27. The molecule has 3 aromatic rings. The number of hydrogen-bond donors (Lipinski definition) is 2. The molecule has 1 aliphatic heterocycles. The van der Waals surface area contributed by atoms with Crippen molar-refractivity contribution in [2.75, 3.05) is 38.1 Å². The number of benzene rings is 2. The Morgan fingerprint density at radius 3 is 2.41 bits per heavy atom. The molecule has 0 spiro atoms. The predicted molar refractivity (Wildman–Crippen MR) is 114 cm³/mol. The minimum absolute atomic E-state index is 0.116. The van der Waals surface area contributed by atoms with E-state index < -0.39 is 0 Å². The lowest BCUT2D eigenvalue weighted by atomic mass is 10.1. The van der Waals surface area contributed by atoms with E-state index in [1.54, 1.807) is 24.4 Å². The standard InChI is InChI=1S/C20H20N4O3.CH5N/c25-19-8-3-15(18-2-1-9-21-20(18)19)14-22-10-12-23(13-11-22)16-4-6-17(7-5-16)24(26)27;1-2/h1-9,25H,10-14H2;2H2,1H3. The molecular formula is C21H25N5O3. The summed E-state index contributed by atoms with van der Waals surface area (Å²) in [4.78, 5) is 19.3. The average molecular weight is 395 g/mol. The maximum Gasteiger partial charge on any atom is 0.269 e. The van der Waals surface area contributed by atoms with Crippen molar-refractivity contribution in [3.8, 4) is 5.75 Å². The van der Waals surface area contributed by atoms with E-state index in [4.69, 9.17) is 0 Å². The first-order valence-corrected chi connectivity index (χ1v) is 9.47. The van der Waals surface area contributed by atoms with Gasteiger partial charge in [0.25, 0.3) is 5.69 Å². The Balaban J connectivity index is 0.00000117. The zero-order valence-corrected chi connectivity index (χ0v) is 16.4. The van der Waals surface area contributed by atoms with E-state index in [1.165, 1.54) is 7.05 Å². The number of non-ortho nitro benzene ring substituents is 1. The summed E-state index contributed by atoms with van der Waals surface area (Å²) in [5.41, 5.74) is 7.42. The Kier molecular flexibility index (Phi) is 6.58. The summed E-state index contributed by atoms with van der Waals surface area (Å²) in [5, 5.41) is 21.8. The number of phenols is 1. The number of aromatic nitrogens is 1. The van der Waals surface area contributed by atoms with E-state index in [9.17, 15) is 15.2 Å². The molecule has 2 heterocycles. The average Bonchev–Trinajstić information content (AvgIpc) is 2.78. The quantitative estimate of drug-likeness (QED) is 0.516. The number of fused-ring (bicyclic) bond motifs is 1. The van der Waals surface area contributed by atoms with Crippen LogP contribution in [0.25, 0.3) is 10.9 Å². The van der Waals surface area contributed by atoms with Crippen LogP contribution in [0.5, 0.6) is 5.75 Å². The van der Waals surface area contributed by atoms with Crippen molar-refractivity contribution in [1.82, 2.24) is 9.88 Å². The molecule has 1 aromatic heterocycles. The van der Waals surface area contributed by atoms with E-state index in [0.29, 0.717) is 5.52 Å². The fraction of sp³-hybridized carbons (Fsp3) is 0.286. The molecule has 0 aliphatic carbocycles. The summed E-state index contributed by atoms with van der Waals surface area (Å²) in [5.74, 6) is 0.206. The molecule has 1 aliphatic rings. The third kappa shape index (κ3) is 4.61. The zero-order chi connectivity index (χ0) is 20.8. The van der Waals surface area contributed by atoms with E-state index >= 15 is 0 Å². The Morgan fingerprint density at radius 2 is 1.76 bits per heavy atom. The summed E-state index contributed by atoms with van der Waals surface area (Å²) in [6, 6.07) is 14.3. The van der Waals surface area contributed by atoms with E-state index in [0.717, 1.165) is 49.4 Å². The summed E-state index contributed by atoms with van der Waals surface area (Å²) in [7, 11) is 1.50.